The molecule has 9 heteroatoms. The third-order valence-electron chi connectivity index (χ3n) is 3.68. The van der Waals surface area contributed by atoms with E-state index in [4.69, 9.17) is 21.9 Å². The van der Waals surface area contributed by atoms with Gasteiger partial charge in [-0.25, -0.2) is 4.98 Å². The van der Waals surface area contributed by atoms with Crippen molar-refractivity contribution in [2.75, 3.05) is 6.54 Å². The van der Waals surface area contributed by atoms with Crippen LogP contribution in [0, 0.1) is 0 Å². The van der Waals surface area contributed by atoms with Gasteiger partial charge in [-0.3, -0.25) is 9.69 Å². The van der Waals surface area contributed by atoms with E-state index in [9.17, 15) is 4.79 Å². The Balaban J connectivity index is 1.78. The maximum atomic E-state index is 11.0. The number of primary amides is 1. The summed E-state index contributed by atoms with van der Waals surface area (Å²) in [5, 5.41) is 4.19. The number of carbonyl (C=O) groups excluding carboxylic acids is 1. The highest BCUT2D eigenvalue weighted by Gasteiger charge is 2.32. The number of imidazole rings is 1. The van der Waals surface area contributed by atoms with E-state index in [0.29, 0.717) is 17.6 Å². The fraction of sp³-hybridized carbons (Fsp3) is 0.500. The van der Waals surface area contributed by atoms with E-state index in [1.165, 1.54) is 0 Å². The van der Waals surface area contributed by atoms with Gasteiger partial charge in [0.25, 0.3) is 11.7 Å². The molecule has 2 aromatic heterocycles. The average Bonchev–Trinajstić information content (AvgIpc) is 3.15. The molecule has 0 spiro atoms. The molecule has 0 aliphatic carbocycles. The van der Waals surface area contributed by atoms with E-state index in [2.05, 4.69) is 20.0 Å². The van der Waals surface area contributed by atoms with Crippen molar-refractivity contribution in [1.29, 1.82) is 0 Å². The van der Waals surface area contributed by atoms with Crippen molar-refractivity contribution in [2.45, 2.75) is 25.4 Å². The van der Waals surface area contributed by atoms with E-state index in [-0.39, 0.29) is 11.9 Å². The van der Waals surface area contributed by atoms with Crippen molar-refractivity contribution in [3.63, 3.8) is 0 Å². The molecule has 1 atom stereocenters. The molecule has 0 saturated carbocycles. The zero-order valence-corrected chi connectivity index (χ0v) is 12.2. The first-order valence-electron chi connectivity index (χ1n) is 6.60. The molecule has 1 aliphatic rings. The van der Waals surface area contributed by atoms with Crippen LogP contribution in [0.2, 0.25) is 5.15 Å². The van der Waals surface area contributed by atoms with Crippen molar-refractivity contribution in [3.8, 4) is 0 Å². The smallest absolute Gasteiger partial charge is 0.290 e. The number of carbonyl (C=O) groups is 1. The predicted octanol–water partition coefficient (Wildman–Crippen LogP) is 0.892. The van der Waals surface area contributed by atoms with Gasteiger partial charge < -0.3 is 14.8 Å². The molecule has 3 heterocycles. The Morgan fingerprint density at radius 2 is 2.43 bits per heavy atom. The fourth-order valence-corrected chi connectivity index (χ4v) is 2.66. The molecule has 21 heavy (non-hydrogen) atoms. The van der Waals surface area contributed by atoms with Crippen LogP contribution in [0.1, 0.15) is 41.2 Å². The Kier molecular flexibility index (Phi) is 3.64. The highest BCUT2D eigenvalue weighted by Crippen LogP contribution is 2.32. The topological polar surface area (TPSA) is 103 Å². The summed E-state index contributed by atoms with van der Waals surface area (Å²) in [6.45, 7) is 1.52. The quantitative estimate of drug-likeness (QED) is 0.899. The average molecular weight is 311 g/mol. The Labute approximate surface area is 125 Å². The summed E-state index contributed by atoms with van der Waals surface area (Å²) in [5.74, 6) is 0.505. The minimum absolute atomic E-state index is 0.0268. The highest BCUT2D eigenvalue weighted by molar-refractivity contribution is 6.29. The lowest BCUT2D eigenvalue weighted by Gasteiger charge is -2.20. The molecule has 0 bridgehead atoms. The molecule has 1 saturated heterocycles. The van der Waals surface area contributed by atoms with Crippen LogP contribution < -0.4 is 5.73 Å². The molecule has 0 unspecified atom stereocenters. The molecule has 0 aromatic carbocycles. The van der Waals surface area contributed by atoms with Crippen molar-refractivity contribution >= 4 is 17.5 Å². The third-order valence-corrected chi connectivity index (χ3v) is 4.03. The van der Waals surface area contributed by atoms with Gasteiger partial charge in [0.2, 0.25) is 5.89 Å². The van der Waals surface area contributed by atoms with E-state index in [1.54, 1.807) is 6.20 Å². The lowest BCUT2D eigenvalue weighted by Crippen LogP contribution is -2.25. The van der Waals surface area contributed by atoms with Crippen LogP contribution in [-0.4, -0.2) is 37.0 Å². The van der Waals surface area contributed by atoms with Crippen molar-refractivity contribution in [1.82, 2.24) is 24.6 Å². The molecule has 2 N–H and O–H groups in total. The van der Waals surface area contributed by atoms with E-state index in [1.807, 2.05) is 11.6 Å². The first-order chi connectivity index (χ1) is 10.1. The SMILES string of the molecule is Cn1c(Cl)cnc1CN1CCC[C@@H]1c1nc(C(N)=O)no1. The number of halogens is 1. The minimum atomic E-state index is -0.689. The molecule has 1 aliphatic heterocycles. The largest absolute Gasteiger partial charge is 0.363 e. The molecular formula is C12H15ClN6O2. The van der Waals surface area contributed by atoms with Crippen molar-refractivity contribution in [2.24, 2.45) is 12.8 Å². The standard InChI is InChI=1S/C12H15ClN6O2/c1-18-8(13)5-15-9(18)6-19-4-2-3-7(19)12-16-11(10(14)20)17-21-12/h5,7H,2-4,6H2,1H3,(H2,14,20)/t7-/m1/s1. The third kappa shape index (κ3) is 2.64. The second kappa shape index (κ2) is 5.45. The number of hydrogen-bond acceptors (Lipinski definition) is 6. The monoisotopic (exact) mass is 310 g/mol. The Morgan fingerprint density at radius 1 is 1.62 bits per heavy atom. The van der Waals surface area contributed by atoms with Gasteiger partial charge in [-0.2, -0.15) is 4.98 Å². The zero-order chi connectivity index (χ0) is 15.0. The van der Waals surface area contributed by atoms with Gasteiger partial charge in [0.15, 0.2) is 0 Å². The van der Waals surface area contributed by atoms with E-state index < -0.39 is 5.91 Å². The van der Waals surface area contributed by atoms with Crippen LogP contribution in [0.25, 0.3) is 0 Å². The summed E-state index contributed by atoms with van der Waals surface area (Å²) in [6, 6.07) is -0.0268. The summed E-state index contributed by atoms with van der Waals surface area (Å²) in [7, 11) is 1.87. The van der Waals surface area contributed by atoms with Crippen LogP contribution in [-0.2, 0) is 13.6 Å². The first kappa shape index (κ1) is 14.0. The van der Waals surface area contributed by atoms with Gasteiger partial charge in [-0.1, -0.05) is 16.8 Å². The van der Waals surface area contributed by atoms with Gasteiger partial charge in [0, 0.05) is 7.05 Å². The number of hydrogen-bond donors (Lipinski definition) is 1. The maximum absolute atomic E-state index is 11.0. The zero-order valence-electron chi connectivity index (χ0n) is 11.5. The summed E-state index contributed by atoms with van der Waals surface area (Å²) in [6.07, 6.45) is 3.52. The van der Waals surface area contributed by atoms with Gasteiger partial charge >= 0.3 is 0 Å². The maximum Gasteiger partial charge on any atom is 0.290 e. The molecule has 0 radical (unpaired) electrons. The summed E-state index contributed by atoms with van der Waals surface area (Å²) in [4.78, 5) is 21.6. The minimum Gasteiger partial charge on any atom is -0.363 e. The van der Waals surface area contributed by atoms with Crippen LogP contribution in [0.3, 0.4) is 0 Å². The molecular weight excluding hydrogens is 296 g/mol. The molecule has 1 fully saturated rings. The van der Waals surface area contributed by atoms with Gasteiger partial charge in [-0.15, -0.1) is 0 Å². The Hall–Kier alpha value is -1.93. The molecule has 3 rings (SSSR count). The molecule has 2 aromatic rings. The number of nitrogens with two attached hydrogens (primary N) is 1. The highest BCUT2D eigenvalue weighted by atomic mass is 35.5. The van der Waals surface area contributed by atoms with Crippen LogP contribution >= 0.6 is 11.6 Å². The van der Waals surface area contributed by atoms with E-state index >= 15 is 0 Å². The molecule has 112 valence electrons. The van der Waals surface area contributed by atoms with Crippen LogP contribution in [0.4, 0.5) is 0 Å². The second-order valence-corrected chi connectivity index (χ2v) is 5.39. The van der Waals surface area contributed by atoms with Crippen LogP contribution in [0.5, 0.6) is 0 Å². The van der Waals surface area contributed by atoms with Crippen molar-refractivity contribution in [3.05, 3.63) is 28.9 Å². The lowest BCUT2D eigenvalue weighted by molar-refractivity contribution is 0.0987. The fourth-order valence-electron chi connectivity index (χ4n) is 2.52. The molecule has 8 nitrogen and oxygen atoms in total. The molecule has 1 amide bonds. The summed E-state index contributed by atoms with van der Waals surface area (Å²) in [5.41, 5.74) is 5.14. The van der Waals surface area contributed by atoms with Gasteiger partial charge in [-0.05, 0) is 19.4 Å². The Morgan fingerprint density at radius 3 is 3.05 bits per heavy atom. The Bertz CT molecular complexity index is 667. The van der Waals surface area contributed by atoms with Gasteiger partial charge in [0.1, 0.15) is 11.0 Å². The predicted molar refractivity (Wildman–Crippen MR) is 73.4 cm³/mol. The van der Waals surface area contributed by atoms with Gasteiger partial charge in [0.05, 0.1) is 18.8 Å². The number of aromatic nitrogens is 4. The first-order valence-corrected chi connectivity index (χ1v) is 6.97. The second-order valence-electron chi connectivity index (χ2n) is 5.01. The summed E-state index contributed by atoms with van der Waals surface area (Å²) < 4.78 is 6.99. The number of likely N-dealkylation sites (tertiary alicyclic amines) is 1. The van der Waals surface area contributed by atoms with E-state index in [0.717, 1.165) is 25.2 Å². The van der Waals surface area contributed by atoms with Crippen LogP contribution in [0.15, 0.2) is 10.7 Å². The summed E-state index contributed by atoms with van der Waals surface area (Å²) >= 11 is 6.00. The normalized spacial score (nSPS) is 19.2. The number of nitrogens with zero attached hydrogens (tertiary/aromatic N) is 5. The lowest BCUT2D eigenvalue weighted by atomic mass is 10.2. The number of rotatable bonds is 4. The van der Waals surface area contributed by atoms with Crippen molar-refractivity contribution < 1.29 is 9.32 Å². The number of amides is 1.